The smallest absolute Gasteiger partial charge is 0.264 e. The van der Waals surface area contributed by atoms with Crippen molar-refractivity contribution >= 4 is 43.5 Å². The molecule has 3 aromatic rings. The summed E-state index contributed by atoms with van der Waals surface area (Å²) < 4.78 is 29.7. The second-order valence-electron chi connectivity index (χ2n) is 10.8. The third-order valence-electron chi connectivity index (χ3n) is 6.37. The highest BCUT2D eigenvalue weighted by atomic mass is 79.9. The van der Waals surface area contributed by atoms with Gasteiger partial charge in [-0.05, 0) is 82.5 Å². The van der Waals surface area contributed by atoms with E-state index in [4.69, 9.17) is 0 Å². The fourth-order valence-electron chi connectivity index (χ4n) is 4.32. The maximum Gasteiger partial charge on any atom is 0.264 e. The van der Waals surface area contributed by atoms with Crippen LogP contribution in [0.5, 0.6) is 0 Å². The molecular formula is C31H38BrN3O4S. The molecule has 40 heavy (non-hydrogen) atoms. The molecule has 0 aliphatic rings. The minimum absolute atomic E-state index is 0.0853. The van der Waals surface area contributed by atoms with E-state index in [1.54, 1.807) is 48.5 Å². The van der Waals surface area contributed by atoms with Crippen LogP contribution in [-0.4, -0.2) is 49.8 Å². The average molecular weight is 629 g/mol. The summed E-state index contributed by atoms with van der Waals surface area (Å²) in [6.07, 6.45) is 0.903. The number of hydrogen-bond acceptors (Lipinski definition) is 4. The molecule has 0 unspecified atom stereocenters. The van der Waals surface area contributed by atoms with Crippen molar-refractivity contribution in [2.24, 2.45) is 0 Å². The number of nitrogens with zero attached hydrogens (tertiary/aromatic N) is 2. The standard InChI is InChI=1S/C31H38BrN3O4S/c1-6-28(30(37)33-31(3,4)5)34(21-20-24-10-8-7-9-11-24)29(36)22-35(26-16-14-25(32)15-17-26)40(38,39)27-18-12-23(2)13-19-27/h7-19,28H,6,20-22H2,1-5H3,(H,33,37)/t28-/m1/s1. The van der Waals surface area contributed by atoms with Crippen LogP contribution in [0.25, 0.3) is 0 Å². The molecular weight excluding hydrogens is 590 g/mol. The number of anilines is 1. The molecule has 0 aromatic heterocycles. The molecule has 0 aliphatic heterocycles. The number of rotatable bonds is 11. The minimum Gasteiger partial charge on any atom is -0.350 e. The second kappa shape index (κ2) is 13.5. The van der Waals surface area contributed by atoms with Crippen LogP contribution in [0, 0.1) is 6.92 Å². The van der Waals surface area contributed by atoms with Crippen LogP contribution in [0.1, 0.15) is 45.2 Å². The van der Waals surface area contributed by atoms with E-state index in [0.29, 0.717) is 18.5 Å². The van der Waals surface area contributed by atoms with E-state index in [9.17, 15) is 18.0 Å². The topological polar surface area (TPSA) is 86.8 Å². The van der Waals surface area contributed by atoms with Gasteiger partial charge in [0, 0.05) is 16.6 Å². The lowest BCUT2D eigenvalue weighted by Crippen LogP contribution is -2.56. The van der Waals surface area contributed by atoms with Gasteiger partial charge in [-0.25, -0.2) is 8.42 Å². The Kier molecular flexibility index (Phi) is 10.6. The summed E-state index contributed by atoms with van der Waals surface area (Å²) in [6.45, 7) is 9.20. The number of halogens is 1. The van der Waals surface area contributed by atoms with Crippen molar-refractivity contribution in [2.75, 3.05) is 17.4 Å². The number of nitrogens with one attached hydrogen (secondary N) is 1. The molecule has 0 saturated heterocycles. The summed E-state index contributed by atoms with van der Waals surface area (Å²) in [4.78, 5) is 29.0. The monoisotopic (exact) mass is 627 g/mol. The molecule has 9 heteroatoms. The molecule has 1 atom stereocenters. The Morgan fingerprint density at radius 3 is 2.08 bits per heavy atom. The predicted molar refractivity (Wildman–Crippen MR) is 164 cm³/mol. The van der Waals surface area contributed by atoms with Crippen molar-refractivity contribution in [3.05, 3.63) is 94.5 Å². The summed E-state index contributed by atoms with van der Waals surface area (Å²) in [7, 11) is -4.09. The zero-order valence-corrected chi connectivity index (χ0v) is 26.1. The predicted octanol–water partition coefficient (Wildman–Crippen LogP) is 5.72. The fourth-order valence-corrected chi connectivity index (χ4v) is 6.00. The van der Waals surface area contributed by atoms with Crippen molar-refractivity contribution in [3.63, 3.8) is 0 Å². The number of amides is 2. The minimum atomic E-state index is -4.09. The molecule has 0 radical (unpaired) electrons. The van der Waals surface area contributed by atoms with Gasteiger partial charge >= 0.3 is 0 Å². The first kappa shape index (κ1) is 31.4. The summed E-state index contributed by atoms with van der Waals surface area (Å²) in [5, 5.41) is 2.99. The molecule has 0 fully saturated rings. The highest BCUT2D eigenvalue weighted by Crippen LogP contribution is 2.26. The molecule has 214 valence electrons. The van der Waals surface area contributed by atoms with E-state index in [2.05, 4.69) is 21.2 Å². The highest BCUT2D eigenvalue weighted by molar-refractivity contribution is 9.10. The first-order valence-electron chi connectivity index (χ1n) is 13.3. The van der Waals surface area contributed by atoms with Crippen LogP contribution >= 0.6 is 15.9 Å². The van der Waals surface area contributed by atoms with Crippen LogP contribution in [0.15, 0.2) is 88.2 Å². The van der Waals surface area contributed by atoms with E-state index in [0.717, 1.165) is 19.9 Å². The molecule has 0 saturated carbocycles. The van der Waals surface area contributed by atoms with Gasteiger partial charge in [0.25, 0.3) is 10.0 Å². The SMILES string of the molecule is CC[C@H](C(=O)NC(C)(C)C)N(CCc1ccccc1)C(=O)CN(c1ccc(Br)cc1)S(=O)(=O)c1ccc(C)cc1. The lowest BCUT2D eigenvalue weighted by molar-refractivity contribution is -0.140. The van der Waals surface area contributed by atoms with Gasteiger partial charge in [-0.15, -0.1) is 0 Å². The molecule has 3 rings (SSSR count). The Morgan fingerprint density at radius 2 is 1.52 bits per heavy atom. The van der Waals surface area contributed by atoms with Crippen molar-refractivity contribution in [2.45, 2.75) is 63.9 Å². The lowest BCUT2D eigenvalue weighted by atomic mass is 10.1. The number of carbonyl (C=O) groups is 2. The van der Waals surface area contributed by atoms with Crippen LogP contribution in [0.4, 0.5) is 5.69 Å². The number of sulfonamides is 1. The van der Waals surface area contributed by atoms with Crippen LogP contribution in [0.2, 0.25) is 0 Å². The maximum absolute atomic E-state index is 14.0. The second-order valence-corrected chi connectivity index (χ2v) is 13.6. The van der Waals surface area contributed by atoms with Crippen LogP contribution < -0.4 is 9.62 Å². The third-order valence-corrected chi connectivity index (χ3v) is 8.69. The first-order chi connectivity index (χ1) is 18.8. The maximum atomic E-state index is 14.0. The summed E-state index contributed by atoms with van der Waals surface area (Å²) >= 11 is 3.40. The van der Waals surface area contributed by atoms with Crippen molar-refractivity contribution in [1.29, 1.82) is 0 Å². The van der Waals surface area contributed by atoms with Crippen LogP contribution in [0.3, 0.4) is 0 Å². The Labute approximate surface area is 246 Å². The van der Waals surface area contributed by atoms with Crippen LogP contribution in [-0.2, 0) is 26.0 Å². The van der Waals surface area contributed by atoms with E-state index in [1.165, 1.54) is 4.90 Å². The quantitative estimate of drug-likeness (QED) is 0.295. The summed E-state index contributed by atoms with van der Waals surface area (Å²) in [5.41, 5.74) is 1.81. The molecule has 0 spiro atoms. The summed E-state index contributed by atoms with van der Waals surface area (Å²) in [5.74, 6) is -0.724. The number of carbonyl (C=O) groups excluding carboxylic acids is 2. The van der Waals surface area contributed by atoms with Gasteiger partial charge in [-0.2, -0.15) is 0 Å². The summed E-state index contributed by atoms with van der Waals surface area (Å²) in [6, 6.07) is 22.3. The number of hydrogen-bond donors (Lipinski definition) is 1. The molecule has 1 N–H and O–H groups in total. The van der Waals surface area contributed by atoms with Gasteiger partial charge in [0.05, 0.1) is 10.6 Å². The normalized spacial score (nSPS) is 12.4. The Bertz CT molecular complexity index is 1390. The Hall–Kier alpha value is -3.17. The van der Waals surface area contributed by atoms with E-state index in [1.807, 2.05) is 65.0 Å². The fraction of sp³-hybridized carbons (Fsp3) is 0.355. The Morgan fingerprint density at radius 1 is 0.925 bits per heavy atom. The molecule has 2 amide bonds. The Balaban J connectivity index is 2.01. The first-order valence-corrected chi connectivity index (χ1v) is 15.6. The van der Waals surface area contributed by atoms with Gasteiger partial charge in [0.15, 0.2) is 0 Å². The number of aryl methyl sites for hydroxylation is 1. The molecule has 0 aliphatic carbocycles. The molecule has 3 aromatic carbocycles. The lowest BCUT2D eigenvalue weighted by Gasteiger charge is -2.34. The number of benzene rings is 3. The van der Waals surface area contributed by atoms with Crippen molar-refractivity contribution < 1.29 is 18.0 Å². The zero-order valence-electron chi connectivity index (χ0n) is 23.7. The molecule has 7 nitrogen and oxygen atoms in total. The van der Waals surface area contributed by atoms with Gasteiger partial charge < -0.3 is 10.2 Å². The van der Waals surface area contributed by atoms with E-state index in [-0.39, 0.29) is 17.3 Å². The zero-order chi connectivity index (χ0) is 29.5. The van der Waals surface area contributed by atoms with Gasteiger partial charge in [-0.1, -0.05) is 70.9 Å². The molecule has 0 bridgehead atoms. The highest BCUT2D eigenvalue weighted by Gasteiger charge is 2.34. The van der Waals surface area contributed by atoms with Gasteiger partial charge in [0.2, 0.25) is 11.8 Å². The largest absolute Gasteiger partial charge is 0.350 e. The third kappa shape index (κ3) is 8.41. The van der Waals surface area contributed by atoms with E-state index < -0.39 is 34.1 Å². The molecule has 0 heterocycles. The van der Waals surface area contributed by atoms with Crippen molar-refractivity contribution in [1.82, 2.24) is 10.2 Å². The average Bonchev–Trinajstić information content (AvgIpc) is 2.90. The van der Waals surface area contributed by atoms with E-state index >= 15 is 0 Å². The van der Waals surface area contributed by atoms with Gasteiger partial charge in [0.1, 0.15) is 12.6 Å². The van der Waals surface area contributed by atoms with Gasteiger partial charge in [-0.3, -0.25) is 13.9 Å². The van der Waals surface area contributed by atoms with Crippen molar-refractivity contribution in [3.8, 4) is 0 Å².